The Labute approximate surface area is 182 Å². The molecule has 0 bridgehead atoms. The van der Waals surface area contributed by atoms with Crippen LogP contribution in [-0.4, -0.2) is 79.1 Å². The molecule has 3 aliphatic rings. The van der Waals surface area contributed by atoms with Crippen molar-refractivity contribution in [2.75, 3.05) is 39.3 Å². The van der Waals surface area contributed by atoms with E-state index in [-0.39, 0.29) is 31.0 Å². The Bertz CT molecular complexity index is 803. The number of urea groups is 1. The van der Waals surface area contributed by atoms with E-state index in [1.807, 2.05) is 23.1 Å². The lowest BCUT2D eigenvalue weighted by Gasteiger charge is -2.36. The number of para-hydroxylation sites is 2. The maximum Gasteiger partial charge on any atom is 0.321 e. The first-order chi connectivity index (χ1) is 15.1. The van der Waals surface area contributed by atoms with Crippen molar-refractivity contribution in [3.05, 3.63) is 24.3 Å². The fourth-order valence-electron chi connectivity index (χ4n) is 4.31. The van der Waals surface area contributed by atoms with Gasteiger partial charge in [-0.15, -0.1) is 0 Å². The number of imide groups is 1. The Morgan fingerprint density at radius 3 is 2.42 bits per heavy atom. The summed E-state index contributed by atoms with van der Waals surface area (Å²) in [6.07, 6.45) is 4.73. The van der Waals surface area contributed by atoms with Crippen molar-refractivity contribution in [1.29, 1.82) is 0 Å². The number of piperazine rings is 1. The molecule has 1 aliphatic carbocycles. The molecule has 0 aromatic heterocycles. The molecule has 2 fully saturated rings. The Balaban J connectivity index is 1.18. The number of hydrogen-bond acceptors (Lipinski definition) is 6. The number of nitrogens with one attached hydrogen (secondary N) is 2. The van der Waals surface area contributed by atoms with E-state index < -0.39 is 12.1 Å². The first-order valence-electron chi connectivity index (χ1n) is 11.1. The highest BCUT2D eigenvalue weighted by atomic mass is 16.6. The van der Waals surface area contributed by atoms with E-state index in [4.69, 9.17) is 9.47 Å². The average molecular weight is 431 g/mol. The van der Waals surface area contributed by atoms with Gasteiger partial charge in [0.1, 0.15) is 6.61 Å². The molecule has 9 nitrogen and oxygen atoms in total. The van der Waals surface area contributed by atoms with Crippen molar-refractivity contribution in [2.45, 2.75) is 44.2 Å². The third kappa shape index (κ3) is 5.66. The van der Waals surface area contributed by atoms with E-state index in [0.29, 0.717) is 37.7 Å². The van der Waals surface area contributed by atoms with E-state index in [1.165, 1.54) is 6.42 Å². The summed E-state index contributed by atoms with van der Waals surface area (Å²) < 4.78 is 11.4. The monoisotopic (exact) mass is 430 g/mol. The van der Waals surface area contributed by atoms with E-state index in [9.17, 15) is 14.4 Å². The summed E-state index contributed by atoms with van der Waals surface area (Å²) in [6.45, 7) is 2.45. The van der Waals surface area contributed by atoms with Crippen LogP contribution in [0.1, 0.15) is 32.1 Å². The fraction of sp³-hybridized carbons (Fsp3) is 0.591. The number of hydrogen-bond donors (Lipinski definition) is 2. The van der Waals surface area contributed by atoms with Gasteiger partial charge < -0.3 is 19.7 Å². The minimum absolute atomic E-state index is 0.106. The molecule has 168 valence electrons. The summed E-state index contributed by atoms with van der Waals surface area (Å²) >= 11 is 0. The number of benzene rings is 1. The zero-order valence-electron chi connectivity index (χ0n) is 17.7. The molecule has 1 saturated carbocycles. The van der Waals surface area contributed by atoms with Gasteiger partial charge in [0.25, 0.3) is 5.91 Å². The van der Waals surface area contributed by atoms with E-state index in [2.05, 4.69) is 10.6 Å². The predicted octanol–water partition coefficient (Wildman–Crippen LogP) is 1.13. The number of nitrogens with zero attached hydrogens (tertiary/aromatic N) is 2. The molecular formula is C22H30N4O5. The molecule has 1 atom stereocenters. The first kappa shape index (κ1) is 21.4. The first-order valence-corrected chi connectivity index (χ1v) is 11.1. The average Bonchev–Trinajstić information content (AvgIpc) is 2.79. The van der Waals surface area contributed by atoms with Gasteiger partial charge in [-0.2, -0.15) is 0 Å². The number of amides is 4. The Morgan fingerprint density at radius 2 is 1.68 bits per heavy atom. The van der Waals surface area contributed by atoms with Gasteiger partial charge >= 0.3 is 6.03 Å². The summed E-state index contributed by atoms with van der Waals surface area (Å²) in [5.74, 6) is 0.794. The number of fused-ring (bicyclic) bond motifs is 1. The van der Waals surface area contributed by atoms with E-state index in [0.717, 1.165) is 25.7 Å². The summed E-state index contributed by atoms with van der Waals surface area (Å²) in [5.41, 5.74) is 0. The van der Waals surface area contributed by atoms with Crippen LogP contribution < -0.4 is 20.1 Å². The summed E-state index contributed by atoms with van der Waals surface area (Å²) in [5, 5.41) is 5.31. The van der Waals surface area contributed by atoms with Gasteiger partial charge in [-0.3, -0.25) is 19.8 Å². The molecule has 2 heterocycles. The summed E-state index contributed by atoms with van der Waals surface area (Å²) in [4.78, 5) is 40.7. The van der Waals surface area contributed by atoms with Crippen LogP contribution in [-0.2, 0) is 9.59 Å². The van der Waals surface area contributed by atoms with Crippen molar-refractivity contribution in [3.63, 3.8) is 0 Å². The van der Waals surface area contributed by atoms with Gasteiger partial charge in [-0.25, -0.2) is 4.79 Å². The maximum absolute atomic E-state index is 12.8. The molecule has 1 aromatic rings. The highest BCUT2D eigenvalue weighted by Gasteiger charge is 2.33. The molecule has 9 heteroatoms. The van der Waals surface area contributed by atoms with Crippen LogP contribution in [0, 0.1) is 0 Å². The van der Waals surface area contributed by atoms with E-state index in [1.54, 1.807) is 11.0 Å². The SMILES string of the molecule is O=C(CN1CCN(C(=O)[C@H]2COc3ccccc3O2)CC1)NC(=O)NC1CCCCC1. The molecule has 0 spiro atoms. The minimum atomic E-state index is -0.659. The van der Waals surface area contributed by atoms with Crippen LogP contribution in [0.2, 0.25) is 0 Å². The van der Waals surface area contributed by atoms with Crippen molar-refractivity contribution < 1.29 is 23.9 Å². The standard InChI is InChI=1S/C22H30N4O5/c27-20(24-22(29)23-16-6-2-1-3-7-16)14-25-10-12-26(13-11-25)21(28)19-15-30-17-8-4-5-9-18(17)31-19/h4-5,8-9,16,19H,1-3,6-7,10-15H2,(H2,23,24,27,29)/t19-/m1/s1. The molecule has 4 amide bonds. The van der Waals surface area contributed by atoms with E-state index >= 15 is 0 Å². The molecule has 0 radical (unpaired) electrons. The summed E-state index contributed by atoms with van der Waals surface area (Å²) in [6, 6.07) is 7.05. The van der Waals surface area contributed by atoms with Crippen molar-refractivity contribution in [3.8, 4) is 11.5 Å². The highest BCUT2D eigenvalue weighted by molar-refractivity contribution is 5.95. The molecule has 1 aromatic carbocycles. The van der Waals surface area contributed by atoms with Crippen LogP contribution in [0.15, 0.2) is 24.3 Å². The van der Waals surface area contributed by atoms with Gasteiger partial charge in [0.15, 0.2) is 11.5 Å². The third-order valence-corrected chi connectivity index (χ3v) is 6.03. The number of carbonyl (C=O) groups is 3. The molecule has 1 saturated heterocycles. The van der Waals surface area contributed by atoms with Gasteiger partial charge in [0.2, 0.25) is 12.0 Å². The minimum Gasteiger partial charge on any atom is -0.485 e. The largest absolute Gasteiger partial charge is 0.485 e. The van der Waals surface area contributed by atoms with Gasteiger partial charge in [-0.05, 0) is 25.0 Å². The summed E-state index contributed by atoms with van der Waals surface area (Å²) in [7, 11) is 0. The topological polar surface area (TPSA) is 100 Å². The Hall–Kier alpha value is -2.81. The highest BCUT2D eigenvalue weighted by Crippen LogP contribution is 2.31. The molecular weight excluding hydrogens is 400 g/mol. The Kier molecular flexibility index (Phi) is 6.91. The maximum atomic E-state index is 12.8. The lowest BCUT2D eigenvalue weighted by Crippen LogP contribution is -2.56. The zero-order chi connectivity index (χ0) is 21.6. The van der Waals surface area contributed by atoms with Crippen LogP contribution >= 0.6 is 0 Å². The quantitative estimate of drug-likeness (QED) is 0.743. The lowest BCUT2D eigenvalue weighted by atomic mass is 9.96. The zero-order valence-corrected chi connectivity index (χ0v) is 17.7. The normalized spacial score (nSPS) is 21.9. The van der Waals surface area contributed by atoms with Crippen molar-refractivity contribution in [2.24, 2.45) is 0 Å². The lowest BCUT2D eigenvalue weighted by molar-refractivity contribution is -0.143. The van der Waals surface area contributed by atoms with Crippen molar-refractivity contribution >= 4 is 17.8 Å². The third-order valence-electron chi connectivity index (χ3n) is 6.03. The van der Waals surface area contributed by atoms with Crippen LogP contribution in [0.25, 0.3) is 0 Å². The smallest absolute Gasteiger partial charge is 0.321 e. The Morgan fingerprint density at radius 1 is 0.968 bits per heavy atom. The number of rotatable bonds is 4. The van der Waals surface area contributed by atoms with Crippen LogP contribution in [0.3, 0.4) is 0 Å². The predicted molar refractivity (Wildman–Crippen MR) is 113 cm³/mol. The van der Waals surface area contributed by atoms with Gasteiger partial charge in [0, 0.05) is 32.2 Å². The van der Waals surface area contributed by atoms with Crippen molar-refractivity contribution in [1.82, 2.24) is 20.4 Å². The second kappa shape index (κ2) is 10.00. The second-order valence-electron chi connectivity index (χ2n) is 8.32. The van der Waals surface area contributed by atoms with Crippen LogP contribution in [0.5, 0.6) is 11.5 Å². The molecule has 0 unspecified atom stereocenters. The molecule has 4 rings (SSSR count). The van der Waals surface area contributed by atoms with Gasteiger partial charge in [-0.1, -0.05) is 31.4 Å². The molecule has 2 N–H and O–H groups in total. The second-order valence-corrected chi connectivity index (χ2v) is 8.32. The van der Waals surface area contributed by atoms with Crippen LogP contribution in [0.4, 0.5) is 4.79 Å². The number of ether oxygens (including phenoxy) is 2. The number of carbonyl (C=O) groups excluding carboxylic acids is 3. The molecule has 31 heavy (non-hydrogen) atoms. The fourth-order valence-corrected chi connectivity index (χ4v) is 4.31. The van der Waals surface area contributed by atoms with Gasteiger partial charge in [0.05, 0.1) is 6.54 Å². The molecule has 2 aliphatic heterocycles.